The van der Waals surface area contributed by atoms with Crippen molar-refractivity contribution in [1.29, 1.82) is 0 Å². The third-order valence-corrected chi connectivity index (χ3v) is 6.76. The van der Waals surface area contributed by atoms with Crippen LogP contribution < -0.4 is 0 Å². The second-order valence-electron chi connectivity index (χ2n) is 8.68. The van der Waals surface area contributed by atoms with Crippen LogP contribution in [0.4, 0.5) is 0 Å². The van der Waals surface area contributed by atoms with Gasteiger partial charge in [0.15, 0.2) is 5.76 Å². The zero-order valence-electron chi connectivity index (χ0n) is 17.6. The van der Waals surface area contributed by atoms with E-state index in [1.165, 1.54) is 44.9 Å². The fraction of sp³-hybridized carbons (Fsp3) is 0.870. The van der Waals surface area contributed by atoms with Gasteiger partial charge in [0.2, 0.25) is 6.29 Å². The number of carbonyl (C=O) groups is 1. The Morgan fingerprint density at radius 3 is 2.46 bits per heavy atom. The van der Waals surface area contributed by atoms with Crippen LogP contribution in [0.5, 0.6) is 0 Å². The number of hydrogen-bond donors (Lipinski definition) is 1. The van der Waals surface area contributed by atoms with Crippen molar-refractivity contribution in [1.82, 2.24) is 4.90 Å². The Kier molecular flexibility index (Phi) is 8.66. The van der Waals surface area contributed by atoms with E-state index in [0.717, 1.165) is 38.8 Å². The highest BCUT2D eigenvalue weighted by Crippen LogP contribution is 2.43. The Morgan fingerprint density at radius 2 is 1.82 bits per heavy atom. The minimum absolute atomic E-state index is 0.0511. The molecule has 2 aliphatic heterocycles. The molecule has 0 aromatic carbocycles. The van der Waals surface area contributed by atoms with Crippen molar-refractivity contribution in [2.24, 2.45) is 17.8 Å². The summed E-state index contributed by atoms with van der Waals surface area (Å²) in [7, 11) is 0. The van der Waals surface area contributed by atoms with Gasteiger partial charge in [0.05, 0.1) is 0 Å². The molecule has 28 heavy (non-hydrogen) atoms. The molecule has 0 bridgehead atoms. The van der Waals surface area contributed by atoms with Crippen LogP contribution >= 0.6 is 0 Å². The van der Waals surface area contributed by atoms with E-state index in [1.54, 1.807) is 0 Å². The van der Waals surface area contributed by atoms with Crippen LogP contribution in [-0.2, 0) is 14.3 Å². The second-order valence-corrected chi connectivity index (χ2v) is 8.68. The fourth-order valence-corrected chi connectivity index (χ4v) is 5.27. The van der Waals surface area contributed by atoms with Crippen LogP contribution in [0.3, 0.4) is 0 Å². The van der Waals surface area contributed by atoms with Gasteiger partial charge in [-0.1, -0.05) is 32.1 Å². The Labute approximate surface area is 170 Å². The first kappa shape index (κ1) is 21.6. The van der Waals surface area contributed by atoms with Crippen molar-refractivity contribution < 1.29 is 19.4 Å². The Morgan fingerprint density at radius 1 is 1.14 bits per heavy atom. The normalized spacial score (nSPS) is 29.7. The van der Waals surface area contributed by atoms with Crippen LogP contribution in [0.1, 0.15) is 77.6 Å². The standard InChI is InChI=1S/C23H39NO4/c1-2-27-23-19(13-10-16-25)20(18-11-6-7-12-18)17-21(28-23)22(26)24-14-8-4-3-5-9-15-24/h17-20,23,25H,2-16H2,1H3/t19-,20+,23+/m0/s1. The van der Waals surface area contributed by atoms with Crippen molar-refractivity contribution in [3.05, 3.63) is 11.8 Å². The predicted octanol–water partition coefficient (Wildman–Crippen LogP) is 4.25. The molecule has 1 saturated carbocycles. The molecule has 1 N–H and O–H groups in total. The molecule has 2 fully saturated rings. The highest BCUT2D eigenvalue weighted by molar-refractivity contribution is 5.91. The molecule has 1 amide bonds. The Balaban J connectivity index is 1.80. The van der Waals surface area contributed by atoms with Crippen molar-refractivity contribution >= 4 is 5.91 Å². The number of aliphatic hydroxyl groups excluding tert-OH is 1. The first-order chi connectivity index (χ1) is 13.7. The lowest BCUT2D eigenvalue weighted by molar-refractivity contribution is -0.179. The molecule has 0 aromatic rings. The first-order valence-corrected chi connectivity index (χ1v) is 11.6. The molecule has 0 aromatic heterocycles. The van der Waals surface area contributed by atoms with E-state index in [0.29, 0.717) is 24.2 Å². The van der Waals surface area contributed by atoms with Gasteiger partial charge in [-0.05, 0) is 63.4 Å². The van der Waals surface area contributed by atoms with Crippen molar-refractivity contribution in [2.75, 3.05) is 26.3 Å². The molecule has 0 radical (unpaired) electrons. The summed E-state index contributed by atoms with van der Waals surface area (Å²) in [5.41, 5.74) is 0. The number of amides is 1. The summed E-state index contributed by atoms with van der Waals surface area (Å²) in [5, 5.41) is 9.37. The minimum Gasteiger partial charge on any atom is -0.459 e. The zero-order valence-corrected chi connectivity index (χ0v) is 17.6. The molecule has 0 spiro atoms. The van der Waals surface area contributed by atoms with Gasteiger partial charge < -0.3 is 19.5 Å². The molecule has 2 heterocycles. The maximum absolute atomic E-state index is 13.3. The lowest BCUT2D eigenvalue weighted by Crippen LogP contribution is -2.43. The first-order valence-electron chi connectivity index (χ1n) is 11.6. The van der Waals surface area contributed by atoms with Crippen LogP contribution in [-0.4, -0.2) is 48.5 Å². The predicted molar refractivity (Wildman–Crippen MR) is 110 cm³/mol. The smallest absolute Gasteiger partial charge is 0.288 e. The van der Waals surface area contributed by atoms with E-state index in [4.69, 9.17) is 9.47 Å². The summed E-state index contributed by atoms with van der Waals surface area (Å²) in [4.78, 5) is 15.3. The number of ether oxygens (including phenoxy) is 2. The van der Waals surface area contributed by atoms with Gasteiger partial charge in [-0.15, -0.1) is 0 Å². The monoisotopic (exact) mass is 393 g/mol. The lowest BCUT2D eigenvalue weighted by Gasteiger charge is -2.40. The zero-order chi connectivity index (χ0) is 19.8. The van der Waals surface area contributed by atoms with E-state index in [1.807, 2.05) is 11.8 Å². The number of allylic oxidation sites excluding steroid dienone is 1. The lowest BCUT2D eigenvalue weighted by atomic mass is 9.76. The van der Waals surface area contributed by atoms with Gasteiger partial charge in [0.1, 0.15) is 0 Å². The van der Waals surface area contributed by atoms with Gasteiger partial charge >= 0.3 is 0 Å². The summed E-state index contributed by atoms with van der Waals surface area (Å²) in [6.07, 6.45) is 14.3. The van der Waals surface area contributed by atoms with E-state index >= 15 is 0 Å². The van der Waals surface area contributed by atoms with Crippen molar-refractivity contribution in [2.45, 2.75) is 83.8 Å². The largest absolute Gasteiger partial charge is 0.459 e. The summed E-state index contributed by atoms with van der Waals surface area (Å²) in [6.45, 7) is 4.41. The molecular formula is C23H39NO4. The highest BCUT2D eigenvalue weighted by atomic mass is 16.7. The SMILES string of the molecule is CCO[C@@H]1OC(C(=O)N2CCCCCCC2)=C[C@H](C2CCCC2)[C@@H]1CCCO. The van der Waals surface area contributed by atoms with Crippen LogP contribution in [0.25, 0.3) is 0 Å². The summed E-state index contributed by atoms with van der Waals surface area (Å²) in [5.74, 6) is 1.70. The van der Waals surface area contributed by atoms with Gasteiger partial charge in [0.25, 0.3) is 5.91 Å². The van der Waals surface area contributed by atoms with E-state index in [-0.39, 0.29) is 24.7 Å². The van der Waals surface area contributed by atoms with Crippen molar-refractivity contribution in [3.63, 3.8) is 0 Å². The molecule has 5 nitrogen and oxygen atoms in total. The van der Waals surface area contributed by atoms with E-state index in [2.05, 4.69) is 6.08 Å². The molecule has 1 saturated heterocycles. The van der Waals surface area contributed by atoms with E-state index < -0.39 is 0 Å². The molecule has 5 heteroatoms. The van der Waals surface area contributed by atoms with Gasteiger partial charge in [-0.3, -0.25) is 4.79 Å². The average molecular weight is 394 g/mol. The molecule has 3 rings (SSSR count). The maximum Gasteiger partial charge on any atom is 0.288 e. The minimum atomic E-state index is -0.374. The van der Waals surface area contributed by atoms with Crippen molar-refractivity contribution in [3.8, 4) is 0 Å². The molecule has 0 unspecified atom stereocenters. The number of rotatable bonds is 7. The third-order valence-electron chi connectivity index (χ3n) is 6.76. The van der Waals surface area contributed by atoms with Crippen LogP contribution in [0, 0.1) is 17.8 Å². The maximum atomic E-state index is 13.3. The van der Waals surface area contributed by atoms with Gasteiger partial charge in [0, 0.05) is 32.2 Å². The molecule has 3 atom stereocenters. The fourth-order valence-electron chi connectivity index (χ4n) is 5.27. The van der Waals surface area contributed by atoms with Gasteiger partial charge in [-0.2, -0.15) is 0 Å². The topological polar surface area (TPSA) is 59.0 Å². The number of likely N-dealkylation sites (tertiary alicyclic amines) is 1. The summed E-state index contributed by atoms with van der Waals surface area (Å²) >= 11 is 0. The molecule has 1 aliphatic carbocycles. The Bertz CT molecular complexity index is 507. The van der Waals surface area contributed by atoms with Crippen LogP contribution in [0.15, 0.2) is 11.8 Å². The quantitative estimate of drug-likeness (QED) is 0.702. The summed E-state index contributed by atoms with van der Waals surface area (Å²) < 4.78 is 12.2. The number of aliphatic hydroxyl groups is 1. The number of carbonyl (C=O) groups excluding carboxylic acids is 1. The Hall–Kier alpha value is -1.07. The van der Waals surface area contributed by atoms with Crippen LogP contribution in [0.2, 0.25) is 0 Å². The number of hydrogen-bond acceptors (Lipinski definition) is 4. The van der Waals surface area contributed by atoms with Gasteiger partial charge in [-0.25, -0.2) is 0 Å². The summed E-state index contributed by atoms with van der Waals surface area (Å²) in [6, 6.07) is 0. The molecule has 160 valence electrons. The molecule has 3 aliphatic rings. The van der Waals surface area contributed by atoms with E-state index in [9.17, 15) is 9.90 Å². The number of nitrogens with zero attached hydrogens (tertiary/aromatic N) is 1. The highest BCUT2D eigenvalue weighted by Gasteiger charge is 2.41. The third kappa shape index (κ3) is 5.50. The average Bonchev–Trinajstić information content (AvgIpc) is 3.20. The molecular weight excluding hydrogens is 354 g/mol. The second kappa shape index (κ2) is 11.2.